The van der Waals surface area contributed by atoms with Crippen LogP contribution in [0.15, 0.2) is 12.1 Å². The molecule has 1 aromatic rings. The van der Waals surface area contributed by atoms with Gasteiger partial charge in [0.05, 0.1) is 0 Å². The molecule has 2 heteroatoms. The smallest absolute Gasteiger partial charge is 0.0221 e. The lowest BCUT2D eigenvalue weighted by molar-refractivity contribution is 0.190. The molecule has 1 heterocycles. The maximum absolute atomic E-state index is 3.50. The minimum absolute atomic E-state index is 0.693. The Balaban J connectivity index is 2.01. The quantitative estimate of drug-likeness (QED) is 0.881. The van der Waals surface area contributed by atoms with Crippen LogP contribution in [-0.2, 0) is 6.42 Å². The first-order valence-corrected chi connectivity index (χ1v) is 7.05. The van der Waals surface area contributed by atoms with E-state index in [0.29, 0.717) is 6.04 Å². The van der Waals surface area contributed by atoms with Crippen molar-refractivity contribution in [3.05, 3.63) is 34.4 Å². The average molecular weight is 246 g/mol. The second-order valence-electron chi connectivity index (χ2n) is 5.75. The summed E-state index contributed by atoms with van der Waals surface area (Å²) in [5.41, 5.74) is 5.85. The Morgan fingerprint density at radius 1 is 1.22 bits per heavy atom. The largest absolute Gasteiger partial charge is 0.314 e. The Labute approximate surface area is 111 Å². The van der Waals surface area contributed by atoms with Gasteiger partial charge in [0.1, 0.15) is 0 Å². The summed E-state index contributed by atoms with van der Waals surface area (Å²) in [7, 11) is 2.25. The molecule has 2 nitrogen and oxygen atoms in total. The Hall–Kier alpha value is -0.860. The van der Waals surface area contributed by atoms with Crippen molar-refractivity contribution in [1.82, 2.24) is 10.2 Å². The molecule has 100 valence electrons. The number of likely N-dealkylation sites (N-methyl/N-ethyl adjacent to an activating group) is 1. The van der Waals surface area contributed by atoms with E-state index in [2.05, 4.69) is 50.2 Å². The van der Waals surface area contributed by atoms with Gasteiger partial charge in [0.15, 0.2) is 0 Å². The molecule has 1 fully saturated rings. The van der Waals surface area contributed by atoms with Gasteiger partial charge in [-0.3, -0.25) is 0 Å². The van der Waals surface area contributed by atoms with Crippen LogP contribution in [0.25, 0.3) is 0 Å². The van der Waals surface area contributed by atoms with E-state index in [1.54, 1.807) is 5.56 Å². The number of hydrogen-bond donors (Lipinski definition) is 1. The molecule has 1 aliphatic heterocycles. The summed E-state index contributed by atoms with van der Waals surface area (Å²) in [4.78, 5) is 2.50. The van der Waals surface area contributed by atoms with Crippen molar-refractivity contribution in [2.24, 2.45) is 0 Å². The average Bonchev–Trinajstić information content (AvgIpc) is 2.30. The Morgan fingerprint density at radius 3 is 2.50 bits per heavy atom. The highest BCUT2D eigenvalue weighted by atomic mass is 15.2. The molecular weight excluding hydrogens is 220 g/mol. The molecule has 2 rings (SSSR count). The third kappa shape index (κ3) is 3.12. The number of rotatable bonds is 3. The lowest BCUT2D eigenvalue weighted by Gasteiger charge is -2.33. The first kappa shape index (κ1) is 13.6. The van der Waals surface area contributed by atoms with Crippen molar-refractivity contribution < 1.29 is 0 Å². The highest BCUT2D eigenvalue weighted by molar-refractivity contribution is 5.37. The van der Waals surface area contributed by atoms with Crippen molar-refractivity contribution >= 4 is 0 Å². The van der Waals surface area contributed by atoms with Crippen LogP contribution in [-0.4, -0.2) is 37.6 Å². The monoisotopic (exact) mass is 246 g/mol. The van der Waals surface area contributed by atoms with E-state index in [0.717, 1.165) is 13.1 Å². The Bertz CT molecular complexity index is 389. The van der Waals surface area contributed by atoms with Gasteiger partial charge < -0.3 is 10.2 Å². The van der Waals surface area contributed by atoms with Crippen molar-refractivity contribution in [3.8, 4) is 0 Å². The molecule has 0 aromatic heterocycles. The molecule has 0 saturated carbocycles. The molecule has 1 unspecified atom stereocenters. The van der Waals surface area contributed by atoms with Crippen molar-refractivity contribution in [1.29, 1.82) is 0 Å². The van der Waals surface area contributed by atoms with E-state index in [4.69, 9.17) is 0 Å². The van der Waals surface area contributed by atoms with E-state index in [-0.39, 0.29) is 0 Å². The van der Waals surface area contributed by atoms with Crippen molar-refractivity contribution in [3.63, 3.8) is 0 Å². The summed E-state index contributed by atoms with van der Waals surface area (Å²) in [6.45, 7) is 10.1. The summed E-state index contributed by atoms with van der Waals surface area (Å²) in [5.74, 6) is 0. The summed E-state index contributed by atoms with van der Waals surface area (Å²) >= 11 is 0. The number of nitrogens with one attached hydrogen (secondary N) is 1. The molecule has 1 saturated heterocycles. The molecule has 0 spiro atoms. The molecule has 1 atom stereocenters. The van der Waals surface area contributed by atoms with Gasteiger partial charge in [-0.25, -0.2) is 0 Å². The van der Waals surface area contributed by atoms with Crippen molar-refractivity contribution in [2.75, 3.05) is 26.7 Å². The zero-order valence-electron chi connectivity index (χ0n) is 12.2. The fourth-order valence-corrected chi connectivity index (χ4v) is 3.10. The standard InChI is InChI=1S/C16H26N2/c1-12-9-13(2)16(14(3)10-12)6-5-15-11-17-7-8-18(15)4/h9-10,15,17H,5-8,11H2,1-4H3. The highest BCUT2D eigenvalue weighted by Crippen LogP contribution is 2.19. The number of hydrogen-bond acceptors (Lipinski definition) is 2. The Kier molecular flexibility index (Phi) is 4.41. The van der Waals surface area contributed by atoms with Crippen LogP contribution in [0.1, 0.15) is 28.7 Å². The molecule has 1 N–H and O–H groups in total. The van der Waals surface area contributed by atoms with E-state index in [9.17, 15) is 0 Å². The molecular formula is C16H26N2. The van der Waals surface area contributed by atoms with Crippen LogP contribution in [0.4, 0.5) is 0 Å². The van der Waals surface area contributed by atoms with Crippen LogP contribution in [0.3, 0.4) is 0 Å². The van der Waals surface area contributed by atoms with Crippen LogP contribution >= 0.6 is 0 Å². The van der Waals surface area contributed by atoms with Crippen LogP contribution in [0, 0.1) is 20.8 Å². The van der Waals surface area contributed by atoms with Gasteiger partial charge in [-0.1, -0.05) is 17.7 Å². The van der Waals surface area contributed by atoms with Gasteiger partial charge in [-0.05, 0) is 57.4 Å². The number of aryl methyl sites for hydroxylation is 3. The predicted molar refractivity (Wildman–Crippen MR) is 78.3 cm³/mol. The summed E-state index contributed by atoms with van der Waals surface area (Å²) < 4.78 is 0. The maximum atomic E-state index is 3.50. The van der Waals surface area contributed by atoms with E-state index >= 15 is 0 Å². The molecule has 0 amide bonds. The zero-order chi connectivity index (χ0) is 13.1. The minimum atomic E-state index is 0.693. The summed E-state index contributed by atoms with van der Waals surface area (Å²) in [5, 5.41) is 3.50. The second kappa shape index (κ2) is 5.85. The normalized spacial score (nSPS) is 21.2. The molecule has 1 aromatic carbocycles. The fourth-order valence-electron chi connectivity index (χ4n) is 3.10. The zero-order valence-corrected chi connectivity index (χ0v) is 12.2. The summed E-state index contributed by atoms with van der Waals surface area (Å²) in [6, 6.07) is 5.31. The Morgan fingerprint density at radius 2 is 1.89 bits per heavy atom. The minimum Gasteiger partial charge on any atom is -0.314 e. The van der Waals surface area contributed by atoms with Crippen LogP contribution < -0.4 is 5.32 Å². The maximum Gasteiger partial charge on any atom is 0.0221 e. The lowest BCUT2D eigenvalue weighted by atomic mass is 9.94. The van der Waals surface area contributed by atoms with Crippen molar-refractivity contribution in [2.45, 2.75) is 39.7 Å². The molecule has 18 heavy (non-hydrogen) atoms. The van der Waals surface area contributed by atoms with Gasteiger partial charge in [0.25, 0.3) is 0 Å². The molecule has 0 bridgehead atoms. The second-order valence-corrected chi connectivity index (χ2v) is 5.75. The van der Waals surface area contributed by atoms with E-state index < -0.39 is 0 Å². The molecule has 0 aliphatic carbocycles. The number of benzene rings is 1. The van der Waals surface area contributed by atoms with Gasteiger partial charge in [-0.2, -0.15) is 0 Å². The van der Waals surface area contributed by atoms with Gasteiger partial charge in [0.2, 0.25) is 0 Å². The van der Waals surface area contributed by atoms with Gasteiger partial charge in [-0.15, -0.1) is 0 Å². The predicted octanol–water partition coefficient (Wildman–Crippen LogP) is 2.45. The van der Waals surface area contributed by atoms with E-state index in [1.165, 1.54) is 36.1 Å². The van der Waals surface area contributed by atoms with E-state index in [1.807, 2.05) is 0 Å². The lowest BCUT2D eigenvalue weighted by Crippen LogP contribution is -2.49. The molecule has 1 aliphatic rings. The first-order valence-electron chi connectivity index (χ1n) is 7.05. The highest BCUT2D eigenvalue weighted by Gasteiger charge is 2.18. The number of piperazine rings is 1. The van der Waals surface area contributed by atoms with Crippen LogP contribution in [0.2, 0.25) is 0 Å². The third-order valence-corrected chi connectivity index (χ3v) is 4.21. The number of nitrogens with zero attached hydrogens (tertiary/aromatic N) is 1. The SMILES string of the molecule is Cc1cc(C)c(CCC2CNCCN2C)c(C)c1. The fraction of sp³-hybridized carbons (Fsp3) is 0.625. The summed E-state index contributed by atoms with van der Waals surface area (Å²) in [6.07, 6.45) is 2.46. The van der Waals surface area contributed by atoms with Gasteiger partial charge >= 0.3 is 0 Å². The third-order valence-electron chi connectivity index (χ3n) is 4.21. The van der Waals surface area contributed by atoms with Gasteiger partial charge in [0, 0.05) is 25.7 Å². The van der Waals surface area contributed by atoms with Crippen LogP contribution in [0.5, 0.6) is 0 Å². The molecule has 0 radical (unpaired) electrons. The first-order chi connectivity index (χ1) is 8.58. The topological polar surface area (TPSA) is 15.3 Å².